The largest absolute Gasteiger partial charge is 0.480 e. The Morgan fingerprint density at radius 3 is 2.50 bits per heavy atom. The lowest BCUT2D eigenvalue weighted by atomic mass is 10.1. The van der Waals surface area contributed by atoms with Gasteiger partial charge in [-0.3, -0.25) is 0 Å². The zero-order valence-electron chi connectivity index (χ0n) is 8.40. The van der Waals surface area contributed by atoms with Gasteiger partial charge in [-0.05, 0) is 32.9 Å². The number of carboxylic acids is 1. The second kappa shape index (κ2) is 3.61. The van der Waals surface area contributed by atoms with Crippen LogP contribution in [0.4, 0.5) is 5.82 Å². The van der Waals surface area contributed by atoms with E-state index in [4.69, 9.17) is 5.11 Å². The van der Waals surface area contributed by atoms with Crippen LogP contribution in [0.15, 0.2) is 12.1 Å². The van der Waals surface area contributed by atoms with E-state index in [1.54, 1.807) is 26.0 Å². The first kappa shape index (κ1) is 10.4. The molecule has 1 heterocycles. The van der Waals surface area contributed by atoms with Crippen molar-refractivity contribution in [2.45, 2.75) is 26.3 Å². The summed E-state index contributed by atoms with van der Waals surface area (Å²) in [4.78, 5) is 10.8. The second-order valence-electron chi connectivity index (χ2n) is 3.62. The zero-order chi connectivity index (χ0) is 10.8. The van der Waals surface area contributed by atoms with E-state index in [1.807, 2.05) is 6.92 Å². The lowest BCUT2D eigenvalue weighted by Crippen LogP contribution is -2.40. The Morgan fingerprint density at radius 2 is 2.07 bits per heavy atom. The monoisotopic (exact) mass is 195 g/mol. The third-order valence-corrected chi connectivity index (χ3v) is 1.77. The first-order valence-electron chi connectivity index (χ1n) is 4.24. The number of aromatic nitrogens is 2. The second-order valence-corrected chi connectivity index (χ2v) is 3.62. The molecule has 0 aliphatic carbocycles. The average molecular weight is 195 g/mol. The lowest BCUT2D eigenvalue weighted by molar-refractivity contribution is -0.141. The van der Waals surface area contributed by atoms with Crippen molar-refractivity contribution in [3.8, 4) is 0 Å². The topological polar surface area (TPSA) is 75.1 Å². The Kier molecular flexibility index (Phi) is 2.69. The molecule has 5 heteroatoms. The molecular formula is C9H13N3O2. The number of nitrogens with zero attached hydrogens (tertiary/aromatic N) is 2. The summed E-state index contributed by atoms with van der Waals surface area (Å²) in [6.45, 7) is 4.95. The molecule has 2 N–H and O–H groups in total. The van der Waals surface area contributed by atoms with Crippen molar-refractivity contribution >= 4 is 11.8 Å². The smallest absolute Gasteiger partial charge is 0.328 e. The van der Waals surface area contributed by atoms with E-state index in [2.05, 4.69) is 15.5 Å². The van der Waals surface area contributed by atoms with E-state index >= 15 is 0 Å². The summed E-state index contributed by atoms with van der Waals surface area (Å²) in [5, 5.41) is 19.3. The Labute approximate surface area is 82.2 Å². The number of aliphatic carboxylic acids is 1. The quantitative estimate of drug-likeness (QED) is 0.754. The molecule has 0 fully saturated rings. The van der Waals surface area contributed by atoms with Gasteiger partial charge in [0.25, 0.3) is 0 Å². The van der Waals surface area contributed by atoms with E-state index in [0.29, 0.717) is 5.82 Å². The van der Waals surface area contributed by atoms with Crippen molar-refractivity contribution in [1.82, 2.24) is 10.2 Å². The molecule has 1 aromatic rings. The third-order valence-electron chi connectivity index (χ3n) is 1.77. The van der Waals surface area contributed by atoms with Crippen LogP contribution in [0, 0.1) is 6.92 Å². The molecule has 0 radical (unpaired) electrons. The fraction of sp³-hybridized carbons (Fsp3) is 0.444. The summed E-state index contributed by atoms with van der Waals surface area (Å²) < 4.78 is 0. The molecule has 5 nitrogen and oxygen atoms in total. The van der Waals surface area contributed by atoms with E-state index in [1.165, 1.54) is 0 Å². The Morgan fingerprint density at radius 1 is 1.43 bits per heavy atom. The van der Waals surface area contributed by atoms with E-state index < -0.39 is 11.5 Å². The van der Waals surface area contributed by atoms with Crippen molar-refractivity contribution in [3.05, 3.63) is 17.8 Å². The van der Waals surface area contributed by atoms with Crippen molar-refractivity contribution in [3.63, 3.8) is 0 Å². The van der Waals surface area contributed by atoms with Crippen LogP contribution in [-0.2, 0) is 4.79 Å². The fourth-order valence-corrected chi connectivity index (χ4v) is 0.839. The van der Waals surface area contributed by atoms with Gasteiger partial charge in [-0.1, -0.05) is 0 Å². The summed E-state index contributed by atoms with van der Waals surface area (Å²) >= 11 is 0. The minimum absolute atomic E-state index is 0.461. The van der Waals surface area contributed by atoms with Crippen LogP contribution in [-0.4, -0.2) is 26.8 Å². The van der Waals surface area contributed by atoms with Gasteiger partial charge in [-0.25, -0.2) is 4.79 Å². The first-order chi connectivity index (χ1) is 6.42. The summed E-state index contributed by atoms with van der Waals surface area (Å²) in [6.07, 6.45) is 0. The minimum atomic E-state index is -1.04. The zero-order valence-corrected chi connectivity index (χ0v) is 8.40. The number of hydrogen-bond acceptors (Lipinski definition) is 4. The molecule has 0 aliphatic heterocycles. The van der Waals surface area contributed by atoms with E-state index in [0.717, 1.165) is 5.69 Å². The molecule has 0 saturated heterocycles. The maximum absolute atomic E-state index is 10.8. The van der Waals surface area contributed by atoms with Crippen LogP contribution in [0.2, 0.25) is 0 Å². The number of rotatable bonds is 3. The first-order valence-corrected chi connectivity index (χ1v) is 4.24. The van der Waals surface area contributed by atoms with Crippen LogP contribution in [0.1, 0.15) is 19.5 Å². The third kappa shape index (κ3) is 2.42. The maximum atomic E-state index is 10.8. The van der Waals surface area contributed by atoms with Gasteiger partial charge in [0.2, 0.25) is 0 Å². The Bertz CT molecular complexity index is 332. The molecule has 0 saturated carbocycles. The molecule has 0 spiro atoms. The number of anilines is 1. The molecule has 0 bridgehead atoms. The molecule has 1 aromatic heterocycles. The van der Waals surface area contributed by atoms with Crippen LogP contribution < -0.4 is 5.32 Å². The highest BCUT2D eigenvalue weighted by Crippen LogP contribution is 2.11. The summed E-state index contributed by atoms with van der Waals surface area (Å²) in [5.74, 6) is -0.470. The molecule has 0 unspecified atom stereocenters. The van der Waals surface area contributed by atoms with Gasteiger partial charge in [0, 0.05) is 0 Å². The SMILES string of the molecule is Cc1ccc(NC(C)(C)C(=O)O)nn1. The van der Waals surface area contributed by atoms with Crippen molar-refractivity contribution in [2.24, 2.45) is 0 Å². The average Bonchev–Trinajstić information content (AvgIpc) is 2.08. The van der Waals surface area contributed by atoms with Gasteiger partial charge >= 0.3 is 5.97 Å². The Balaban J connectivity index is 2.79. The highest BCUT2D eigenvalue weighted by molar-refractivity contribution is 5.81. The molecule has 76 valence electrons. The molecular weight excluding hydrogens is 182 g/mol. The molecule has 0 amide bonds. The fourth-order valence-electron chi connectivity index (χ4n) is 0.839. The van der Waals surface area contributed by atoms with E-state index in [-0.39, 0.29) is 0 Å². The van der Waals surface area contributed by atoms with Gasteiger partial charge in [-0.15, -0.1) is 5.10 Å². The predicted molar refractivity (Wildman–Crippen MR) is 52.1 cm³/mol. The predicted octanol–water partition coefficient (Wildman–Crippen LogP) is 1.06. The van der Waals surface area contributed by atoms with Crippen LogP contribution in [0.3, 0.4) is 0 Å². The van der Waals surface area contributed by atoms with Gasteiger partial charge in [0.15, 0.2) is 0 Å². The highest BCUT2D eigenvalue weighted by atomic mass is 16.4. The summed E-state index contributed by atoms with van der Waals surface area (Å²) in [7, 11) is 0. The number of aryl methyl sites for hydroxylation is 1. The van der Waals surface area contributed by atoms with Gasteiger partial charge in [0.1, 0.15) is 11.4 Å². The van der Waals surface area contributed by atoms with Crippen LogP contribution in [0.25, 0.3) is 0 Å². The molecule has 0 atom stereocenters. The summed E-state index contributed by atoms with van der Waals surface area (Å²) in [6, 6.07) is 3.47. The van der Waals surface area contributed by atoms with Gasteiger partial charge in [-0.2, -0.15) is 5.10 Å². The molecule has 0 aliphatic rings. The normalized spacial score (nSPS) is 11.1. The lowest BCUT2D eigenvalue weighted by Gasteiger charge is -2.21. The number of carbonyl (C=O) groups is 1. The van der Waals surface area contributed by atoms with Crippen LogP contribution >= 0.6 is 0 Å². The van der Waals surface area contributed by atoms with Crippen molar-refractivity contribution in [2.75, 3.05) is 5.32 Å². The number of hydrogen-bond donors (Lipinski definition) is 2. The van der Waals surface area contributed by atoms with E-state index in [9.17, 15) is 4.79 Å². The number of nitrogens with one attached hydrogen (secondary N) is 1. The molecule has 14 heavy (non-hydrogen) atoms. The van der Waals surface area contributed by atoms with Crippen molar-refractivity contribution in [1.29, 1.82) is 0 Å². The highest BCUT2D eigenvalue weighted by Gasteiger charge is 2.26. The van der Waals surface area contributed by atoms with Gasteiger partial charge in [0.05, 0.1) is 5.69 Å². The van der Waals surface area contributed by atoms with Crippen LogP contribution in [0.5, 0.6) is 0 Å². The standard InChI is InChI=1S/C9H13N3O2/c1-6-4-5-7(12-11-6)10-9(2,3)8(13)14/h4-5H,1-3H3,(H,10,12)(H,13,14). The number of carboxylic acid groups (broad SMARTS) is 1. The van der Waals surface area contributed by atoms with Gasteiger partial charge < -0.3 is 10.4 Å². The summed E-state index contributed by atoms with van der Waals surface area (Å²) in [5.41, 5.74) is -0.243. The van der Waals surface area contributed by atoms with Crippen molar-refractivity contribution < 1.29 is 9.90 Å². The maximum Gasteiger partial charge on any atom is 0.328 e. The molecule has 0 aromatic carbocycles. The molecule has 1 rings (SSSR count). The Hall–Kier alpha value is -1.65. The minimum Gasteiger partial charge on any atom is -0.480 e.